The Balaban J connectivity index is 1.54. The van der Waals surface area contributed by atoms with Gasteiger partial charge < -0.3 is 20.9 Å². The van der Waals surface area contributed by atoms with Gasteiger partial charge in [0.2, 0.25) is 0 Å². The minimum Gasteiger partial charge on any atom is -0.507 e. The largest absolute Gasteiger partial charge is 0.507 e. The van der Waals surface area contributed by atoms with E-state index in [0.717, 1.165) is 27.3 Å². The van der Waals surface area contributed by atoms with E-state index in [0.29, 0.717) is 24.6 Å². The van der Waals surface area contributed by atoms with E-state index in [9.17, 15) is 9.90 Å². The van der Waals surface area contributed by atoms with Gasteiger partial charge in [0, 0.05) is 17.7 Å². The van der Waals surface area contributed by atoms with Crippen LogP contribution >= 0.6 is 11.3 Å². The molecule has 3 rings (SSSR count). The summed E-state index contributed by atoms with van der Waals surface area (Å²) in [5.41, 5.74) is 9.01. The molecule has 0 aliphatic rings. The number of ether oxygens (including phenoxy) is 1. The predicted octanol–water partition coefficient (Wildman–Crippen LogP) is 5.82. The summed E-state index contributed by atoms with van der Waals surface area (Å²) in [5, 5.41) is 15.7. The second-order valence-corrected chi connectivity index (χ2v) is 11.8. The normalized spacial score (nSPS) is 12.4. The first-order valence-electron chi connectivity index (χ1n) is 12.1. The number of rotatable bonds is 8. The van der Waals surface area contributed by atoms with Gasteiger partial charge >= 0.3 is 0 Å². The third-order valence-electron chi connectivity index (χ3n) is 5.76. The SMILES string of the molecule is CC(C)(C)c1cc(OCC(=O)NCCc2ccc(/N=C(\N)c3cccs3)cc2)cc(C(C)(C)C)c1O. The Morgan fingerprint density at radius 2 is 1.64 bits per heavy atom. The van der Waals surface area contributed by atoms with Crippen LogP contribution in [-0.4, -0.2) is 30.0 Å². The molecule has 192 valence electrons. The van der Waals surface area contributed by atoms with E-state index >= 15 is 0 Å². The monoisotopic (exact) mass is 507 g/mol. The maximum Gasteiger partial charge on any atom is 0.257 e. The fourth-order valence-electron chi connectivity index (χ4n) is 3.74. The molecule has 0 aliphatic carbocycles. The summed E-state index contributed by atoms with van der Waals surface area (Å²) in [6, 6.07) is 15.4. The number of aliphatic imine (C=N–C) groups is 1. The first-order chi connectivity index (χ1) is 16.8. The Bertz CT molecular complexity index is 1170. The second kappa shape index (κ2) is 11.2. The van der Waals surface area contributed by atoms with Crippen LogP contribution in [0.4, 0.5) is 5.69 Å². The lowest BCUT2D eigenvalue weighted by Crippen LogP contribution is -2.30. The van der Waals surface area contributed by atoms with Gasteiger partial charge in [0.1, 0.15) is 17.3 Å². The Labute approximate surface area is 218 Å². The van der Waals surface area contributed by atoms with Gasteiger partial charge in [-0.1, -0.05) is 59.7 Å². The van der Waals surface area contributed by atoms with Crippen LogP contribution in [-0.2, 0) is 22.0 Å². The minimum absolute atomic E-state index is 0.0897. The molecule has 0 fully saturated rings. The van der Waals surface area contributed by atoms with Gasteiger partial charge in [-0.2, -0.15) is 0 Å². The lowest BCUT2D eigenvalue weighted by Gasteiger charge is -2.28. The van der Waals surface area contributed by atoms with Crippen molar-refractivity contribution in [2.75, 3.05) is 13.2 Å². The van der Waals surface area contributed by atoms with Crippen molar-refractivity contribution < 1.29 is 14.6 Å². The van der Waals surface area contributed by atoms with Crippen molar-refractivity contribution in [3.63, 3.8) is 0 Å². The van der Waals surface area contributed by atoms with E-state index < -0.39 is 0 Å². The van der Waals surface area contributed by atoms with Crippen molar-refractivity contribution in [2.24, 2.45) is 10.7 Å². The van der Waals surface area contributed by atoms with Gasteiger partial charge in [-0.05, 0) is 58.5 Å². The number of nitrogens with two attached hydrogens (primary N) is 1. The molecule has 0 saturated carbocycles. The molecule has 7 heteroatoms. The van der Waals surface area contributed by atoms with Crippen LogP contribution in [0.2, 0.25) is 0 Å². The maximum absolute atomic E-state index is 12.4. The van der Waals surface area contributed by atoms with E-state index in [2.05, 4.69) is 10.3 Å². The highest BCUT2D eigenvalue weighted by molar-refractivity contribution is 7.12. The zero-order chi connectivity index (χ0) is 26.5. The topological polar surface area (TPSA) is 96.9 Å². The van der Waals surface area contributed by atoms with E-state index in [4.69, 9.17) is 10.5 Å². The number of phenols is 1. The summed E-state index contributed by atoms with van der Waals surface area (Å²) in [7, 11) is 0. The molecular weight excluding hydrogens is 470 g/mol. The third-order valence-corrected chi connectivity index (χ3v) is 6.66. The molecule has 4 N–H and O–H groups in total. The number of nitrogens with zero attached hydrogens (tertiary/aromatic N) is 1. The van der Waals surface area contributed by atoms with Crippen LogP contribution in [0.25, 0.3) is 0 Å². The van der Waals surface area contributed by atoms with Gasteiger partial charge in [0.05, 0.1) is 10.6 Å². The minimum atomic E-state index is -0.262. The van der Waals surface area contributed by atoms with E-state index in [1.165, 1.54) is 0 Å². The first-order valence-corrected chi connectivity index (χ1v) is 13.0. The number of carbonyl (C=O) groups is 1. The molecule has 1 heterocycles. The number of nitrogens with one attached hydrogen (secondary N) is 1. The summed E-state index contributed by atoms with van der Waals surface area (Å²) < 4.78 is 5.83. The van der Waals surface area contributed by atoms with Gasteiger partial charge in [0.25, 0.3) is 5.91 Å². The average Bonchev–Trinajstić information content (AvgIpc) is 3.33. The molecule has 3 aromatic rings. The van der Waals surface area contributed by atoms with Crippen LogP contribution in [0.3, 0.4) is 0 Å². The molecular formula is C29H37N3O3S. The summed E-state index contributed by atoms with van der Waals surface area (Å²) in [6.45, 7) is 12.7. The van der Waals surface area contributed by atoms with E-state index in [-0.39, 0.29) is 29.1 Å². The third kappa shape index (κ3) is 7.34. The Morgan fingerprint density at radius 3 is 2.17 bits per heavy atom. The van der Waals surface area contributed by atoms with Crippen LogP contribution < -0.4 is 15.8 Å². The number of amides is 1. The zero-order valence-electron chi connectivity index (χ0n) is 22.0. The lowest BCUT2D eigenvalue weighted by atomic mass is 9.79. The molecule has 36 heavy (non-hydrogen) atoms. The van der Waals surface area contributed by atoms with Crippen LogP contribution in [0.15, 0.2) is 58.9 Å². The number of carbonyl (C=O) groups excluding carboxylic acids is 1. The van der Waals surface area contributed by atoms with Crippen molar-refractivity contribution >= 4 is 28.8 Å². The number of thiophene rings is 1. The predicted molar refractivity (Wildman–Crippen MR) is 149 cm³/mol. The second-order valence-electron chi connectivity index (χ2n) is 10.9. The average molecular weight is 508 g/mol. The number of hydrogen-bond acceptors (Lipinski definition) is 5. The molecule has 0 atom stereocenters. The van der Waals surface area contributed by atoms with Crippen LogP contribution in [0.1, 0.15) is 63.1 Å². The molecule has 2 aromatic carbocycles. The van der Waals surface area contributed by atoms with Crippen molar-refractivity contribution in [3.8, 4) is 11.5 Å². The van der Waals surface area contributed by atoms with Gasteiger partial charge in [-0.25, -0.2) is 4.99 Å². The van der Waals surface area contributed by atoms with Gasteiger partial charge in [-0.15, -0.1) is 11.3 Å². The fourth-order valence-corrected chi connectivity index (χ4v) is 4.36. The summed E-state index contributed by atoms with van der Waals surface area (Å²) >= 11 is 1.56. The highest BCUT2D eigenvalue weighted by Gasteiger charge is 2.27. The van der Waals surface area contributed by atoms with Gasteiger partial charge in [0.15, 0.2) is 6.61 Å². The molecule has 0 spiro atoms. The molecule has 0 aliphatic heterocycles. The van der Waals surface area contributed by atoms with Crippen LogP contribution in [0, 0.1) is 0 Å². The molecule has 0 bridgehead atoms. The van der Waals surface area contributed by atoms with E-state index in [1.807, 2.05) is 95.5 Å². The zero-order valence-corrected chi connectivity index (χ0v) is 22.8. The molecule has 0 saturated heterocycles. The lowest BCUT2D eigenvalue weighted by molar-refractivity contribution is -0.123. The summed E-state index contributed by atoms with van der Waals surface area (Å²) in [4.78, 5) is 17.8. The molecule has 0 radical (unpaired) electrons. The number of hydrogen-bond donors (Lipinski definition) is 3. The fraction of sp³-hybridized carbons (Fsp3) is 0.379. The Morgan fingerprint density at radius 1 is 1.03 bits per heavy atom. The summed E-state index contributed by atoms with van der Waals surface area (Å²) in [6.07, 6.45) is 0.692. The molecule has 1 amide bonds. The van der Waals surface area contributed by atoms with Crippen molar-refractivity contribution in [3.05, 3.63) is 75.5 Å². The quantitative estimate of drug-likeness (QED) is 0.264. The van der Waals surface area contributed by atoms with Gasteiger partial charge in [-0.3, -0.25) is 4.79 Å². The number of aromatic hydroxyl groups is 1. The van der Waals surface area contributed by atoms with Crippen molar-refractivity contribution in [2.45, 2.75) is 58.8 Å². The molecule has 0 unspecified atom stereocenters. The molecule has 6 nitrogen and oxygen atoms in total. The smallest absolute Gasteiger partial charge is 0.257 e. The van der Waals surface area contributed by atoms with E-state index in [1.54, 1.807) is 11.3 Å². The van der Waals surface area contributed by atoms with Crippen LogP contribution in [0.5, 0.6) is 11.5 Å². The molecule has 1 aromatic heterocycles. The summed E-state index contributed by atoms with van der Waals surface area (Å²) in [5.74, 6) is 1.18. The Hall–Kier alpha value is -3.32. The first kappa shape index (κ1) is 27.3. The highest BCUT2D eigenvalue weighted by atomic mass is 32.1. The number of benzene rings is 2. The van der Waals surface area contributed by atoms with Crippen molar-refractivity contribution in [1.29, 1.82) is 0 Å². The highest BCUT2D eigenvalue weighted by Crippen LogP contribution is 2.41. The number of phenolic OH excluding ortho intramolecular Hbond substituents is 1. The number of amidine groups is 1. The van der Waals surface area contributed by atoms with Crippen molar-refractivity contribution in [1.82, 2.24) is 5.32 Å². The Kier molecular flexibility index (Phi) is 8.46. The maximum atomic E-state index is 12.4. The standard InChI is InChI=1S/C29H37N3O3S/c1-28(2,3)22-16-21(17-23(26(22)34)29(4,5)6)35-18-25(33)31-14-13-19-9-11-20(12-10-19)32-27(30)24-8-7-15-36-24/h7-12,15-17,34H,13-14,18H2,1-6H3,(H2,30,32)(H,31,33).